The maximum absolute atomic E-state index is 11.5. The number of anilines is 1. The number of rotatable bonds is 4. The third kappa shape index (κ3) is 3.93. The minimum absolute atomic E-state index is 0.0841. The molecular formula is C9H9ClIN3O2. The van der Waals surface area contributed by atoms with Crippen LogP contribution in [-0.4, -0.2) is 23.5 Å². The number of benzene rings is 1. The van der Waals surface area contributed by atoms with Crippen LogP contribution >= 0.6 is 34.2 Å². The number of nitrogens with one attached hydrogen (secondary N) is 1. The molecule has 0 radical (unpaired) electrons. The summed E-state index contributed by atoms with van der Waals surface area (Å²) in [4.78, 5) is 21.9. The maximum Gasteiger partial charge on any atom is 0.344 e. The van der Waals surface area contributed by atoms with Gasteiger partial charge < -0.3 is 5.32 Å². The lowest BCUT2D eigenvalue weighted by atomic mass is 10.3. The fourth-order valence-corrected chi connectivity index (χ4v) is 1.72. The number of amides is 2. The number of carbonyl (C=O) groups is 1. The number of nitroso groups, excluding NO2 is 1. The Morgan fingerprint density at radius 1 is 1.56 bits per heavy atom. The zero-order chi connectivity index (χ0) is 12.0. The summed E-state index contributed by atoms with van der Waals surface area (Å²) in [6, 6.07) is 6.62. The number of halogens is 2. The molecule has 0 fully saturated rings. The third-order valence-corrected chi connectivity index (χ3v) is 2.55. The number of hydrogen-bond acceptors (Lipinski definition) is 3. The summed E-state index contributed by atoms with van der Waals surface area (Å²) in [6.45, 7) is 0.0841. The van der Waals surface area contributed by atoms with Crippen LogP contribution in [0, 0.1) is 8.48 Å². The van der Waals surface area contributed by atoms with Crippen LogP contribution in [0.3, 0.4) is 0 Å². The van der Waals surface area contributed by atoms with E-state index < -0.39 is 6.03 Å². The summed E-state index contributed by atoms with van der Waals surface area (Å²) in [7, 11) is 0. The monoisotopic (exact) mass is 353 g/mol. The van der Waals surface area contributed by atoms with Gasteiger partial charge in [0, 0.05) is 15.1 Å². The predicted octanol–water partition coefficient (Wildman–Crippen LogP) is 3.05. The average molecular weight is 354 g/mol. The summed E-state index contributed by atoms with van der Waals surface area (Å²) >= 11 is 7.55. The van der Waals surface area contributed by atoms with E-state index >= 15 is 0 Å². The van der Waals surface area contributed by atoms with Gasteiger partial charge in [-0.25, -0.2) is 4.79 Å². The van der Waals surface area contributed by atoms with Crippen LogP contribution in [0.1, 0.15) is 0 Å². The van der Waals surface area contributed by atoms with Crippen molar-refractivity contribution >= 4 is 45.9 Å². The van der Waals surface area contributed by atoms with E-state index in [1.807, 2.05) is 6.07 Å². The van der Waals surface area contributed by atoms with E-state index in [9.17, 15) is 9.70 Å². The SMILES string of the molecule is O=NN(CCCl)C(=O)Nc1cccc(I)c1. The normalized spacial score (nSPS) is 9.62. The van der Waals surface area contributed by atoms with Gasteiger partial charge in [-0.2, -0.15) is 5.01 Å². The second-order valence-electron chi connectivity index (χ2n) is 2.83. The molecule has 86 valence electrons. The van der Waals surface area contributed by atoms with E-state index in [1.165, 1.54) is 0 Å². The van der Waals surface area contributed by atoms with Gasteiger partial charge >= 0.3 is 6.03 Å². The van der Waals surface area contributed by atoms with Crippen LogP contribution in [0.25, 0.3) is 0 Å². The highest BCUT2D eigenvalue weighted by molar-refractivity contribution is 14.1. The summed E-state index contributed by atoms with van der Waals surface area (Å²) in [5.41, 5.74) is 0.611. The summed E-state index contributed by atoms with van der Waals surface area (Å²) in [6.07, 6.45) is 0. The first-order valence-corrected chi connectivity index (χ1v) is 6.02. The van der Waals surface area contributed by atoms with E-state index in [0.29, 0.717) is 5.69 Å². The second-order valence-corrected chi connectivity index (χ2v) is 4.46. The molecule has 0 atom stereocenters. The first-order chi connectivity index (χ1) is 7.67. The molecule has 5 nitrogen and oxygen atoms in total. The molecule has 0 spiro atoms. The Morgan fingerprint density at radius 3 is 2.88 bits per heavy atom. The Hall–Kier alpha value is -0.890. The zero-order valence-corrected chi connectivity index (χ0v) is 11.1. The second kappa shape index (κ2) is 6.64. The minimum Gasteiger partial charge on any atom is -0.306 e. The molecule has 7 heteroatoms. The Balaban J connectivity index is 2.66. The highest BCUT2D eigenvalue weighted by Gasteiger charge is 2.13. The minimum atomic E-state index is -0.586. The molecule has 0 aromatic heterocycles. The molecule has 1 aromatic rings. The van der Waals surface area contributed by atoms with Crippen molar-refractivity contribution in [3.63, 3.8) is 0 Å². The molecule has 0 unspecified atom stereocenters. The molecule has 16 heavy (non-hydrogen) atoms. The van der Waals surface area contributed by atoms with Gasteiger partial charge in [0.25, 0.3) is 0 Å². The molecule has 0 saturated carbocycles. The summed E-state index contributed by atoms with van der Waals surface area (Å²) < 4.78 is 0.985. The van der Waals surface area contributed by atoms with Gasteiger partial charge in [-0.3, -0.25) is 0 Å². The van der Waals surface area contributed by atoms with E-state index in [4.69, 9.17) is 11.6 Å². The number of nitrogens with zero attached hydrogens (tertiary/aromatic N) is 2. The van der Waals surface area contributed by atoms with Crippen molar-refractivity contribution < 1.29 is 4.79 Å². The van der Waals surface area contributed by atoms with Crippen molar-refractivity contribution in [2.45, 2.75) is 0 Å². The molecule has 2 amide bonds. The van der Waals surface area contributed by atoms with Gasteiger partial charge in [-0.1, -0.05) is 6.07 Å². The van der Waals surface area contributed by atoms with E-state index in [1.54, 1.807) is 18.2 Å². The van der Waals surface area contributed by atoms with Crippen molar-refractivity contribution in [2.75, 3.05) is 17.7 Å². The van der Waals surface area contributed by atoms with E-state index in [0.717, 1.165) is 8.58 Å². The smallest absolute Gasteiger partial charge is 0.306 e. The van der Waals surface area contributed by atoms with Crippen molar-refractivity contribution in [3.05, 3.63) is 32.7 Å². The largest absolute Gasteiger partial charge is 0.344 e. The Kier molecular flexibility index (Phi) is 5.47. The lowest BCUT2D eigenvalue weighted by Crippen LogP contribution is -2.31. The standard InChI is InChI=1S/C9H9ClIN3O2/c10-4-5-14(13-16)9(15)12-8-3-1-2-7(11)6-8/h1-3,6H,4-5H2,(H,12,15). The molecule has 1 aromatic carbocycles. The van der Waals surface area contributed by atoms with Crippen molar-refractivity contribution in [2.24, 2.45) is 5.29 Å². The van der Waals surface area contributed by atoms with Crippen molar-refractivity contribution in [3.8, 4) is 0 Å². The van der Waals surface area contributed by atoms with Gasteiger partial charge in [0.2, 0.25) is 0 Å². The van der Waals surface area contributed by atoms with Gasteiger partial charge in [0.1, 0.15) is 0 Å². The third-order valence-electron chi connectivity index (χ3n) is 1.71. The lowest BCUT2D eigenvalue weighted by Gasteiger charge is -2.12. The highest BCUT2D eigenvalue weighted by atomic mass is 127. The van der Waals surface area contributed by atoms with Crippen molar-refractivity contribution in [1.82, 2.24) is 5.01 Å². The molecule has 0 heterocycles. The zero-order valence-electron chi connectivity index (χ0n) is 8.19. The summed E-state index contributed by atoms with van der Waals surface area (Å²) in [5, 5.41) is 5.87. The molecule has 0 aliphatic heterocycles. The van der Waals surface area contributed by atoms with Crippen LogP contribution < -0.4 is 5.32 Å². The number of alkyl halides is 1. The Labute approximate surface area is 111 Å². The molecule has 0 aliphatic carbocycles. The molecular weight excluding hydrogens is 344 g/mol. The predicted molar refractivity (Wildman–Crippen MR) is 71.4 cm³/mol. The quantitative estimate of drug-likeness (QED) is 0.391. The van der Waals surface area contributed by atoms with Crippen LogP contribution in [0.15, 0.2) is 29.6 Å². The summed E-state index contributed by atoms with van der Waals surface area (Å²) in [5.74, 6) is 0.158. The van der Waals surface area contributed by atoms with Gasteiger partial charge in [0.05, 0.1) is 11.8 Å². The van der Waals surface area contributed by atoms with Crippen molar-refractivity contribution in [1.29, 1.82) is 0 Å². The van der Waals surface area contributed by atoms with Gasteiger partial charge in [0.15, 0.2) is 0 Å². The first kappa shape index (κ1) is 13.2. The fraction of sp³-hybridized carbons (Fsp3) is 0.222. The molecule has 0 saturated heterocycles. The van der Waals surface area contributed by atoms with Crippen LogP contribution in [-0.2, 0) is 0 Å². The van der Waals surface area contributed by atoms with Gasteiger partial charge in [-0.15, -0.1) is 16.5 Å². The van der Waals surface area contributed by atoms with Crippen LogP contribution in [0.4, 0.5) is 10.5 Å². The Bertz CT molecular complexity index is 389. The average Bonchev–Trinajstić information content (AvgIpc) is 2.25. The Morgan fingerprint density at radius 2 is 2.31 bits per heavy atom. The number of urea groups is 1. The van der Waals surface area contributed by atoms with E-state index in [-0.39, 0.29) is 12.4 Å². The number of hydrogen-bond donors (Lipinski definition) is 1. The van der Waals surface area contributed by atoms with Crippen LogP contribution in [0.2, 0.25) is 0 Å². The first-order valence-electron chi connectivity index (χ1n) is 4.40. The molecule has 1 rings (SSSR count). The topological polar surface area (TPSA) is 61.8 Å². The lowest BCUT2D eigenvalue weighted by molar-refractivity contribution is 0.216. The van der Waals surface area contributed by atoms with Gasteiger partial charge in [-0.05, 0) is 40.8 Å². The fourth-order valence-electron chi connectivity index (χ4n) is 1.01. The van der Waals surface area contributed by atoms with E-state index in [2.05, 4.69) is 33.2 Å². The highest BCUT2D eigenvalue weighted by Crippen LogP contribution is 2.13. The number of carbonyl (C=O) groups excluding carboxylic acids is 1. The molecule has 0 aliphatic rings. The van der Waals surface area contributed by atoms with Crippen LogP contribution in [0.5, 0.6) is 0 Å². The molecule has 0 bridgehead atoms. The molecule has 1 N–H and O–H groups in total. The maximum atomic E-state index is 11.5.